The van der Waals surface area contributed by atoms with E-state index in [0.29, 0.717) is 5.92 Å². The van der Waals surface area contributed by atoms with Gasteiger partial charge in [0.2, 0.25) is 0 Å². The van der Waals surface area contributed by atoms with Gasteiger partial charge < -0.3 is 0 Å². The van der Waals surface area contributed by atoms with Crippen LogP contribution < -0.4 is 0 Å². The van der Waals surface area contributed by atoms with Gasteiger partial charge in [0.1, 0.15) is 0 Å². The fourth-order valence-electron chi connectivity index (χ4n) is 4.07. The van der Waals surface area contributed by atoms with Gasteiger partial charge in [-0.1, -0.05) is 88.2 Å². The normalized spacial score (nSPS) is 18.9. The monoisotopic (exact) mass is 374 g/mol. The Morgan fingerprint density at radius 3 is 2.25 bits per heavy atom. The summed E-state index contributed by atoms with van der Waals surface area (Å²) in [7, 11) is 0. The molecule has 0 heteroatoms. The minimum atomic E-state index is 0.597. The summed E-state index contributed by atoms with van der Waals surface area (Å²) in [5.41, 5.74) is 2.51. The molecular formula is C28H38. The summed E-state index contributed by atoms with van der Waals surface area (Å²) < 4.78 is 0. The Bertz CT molecular complexity index is 676. The first-order valence-corrected chi connectivity index (χ1v) is 11.6. The van der Waals surface area contributed by atoms with Crippen molar-refractivity contribution >= 4 is 0 Å². The van der Waals surface area contributed by atoms with Crippen molar-refractivity contribution in [3.05, 3.63) is 47.5 Å². The number of hydrogen-bond acceptors (Lipinski definition) is 0. The number of benzene rings is 1. The van der Waals surface area contributed by atoms with E-state index in [1.807, 2.05) is 12.2 Å². The van der Waals surface area contributed by atoms with E-state index < -0.39 is 0 Å². The lowest BCUT2D eigenvalue weighted by atomic mass is 9.80. The molecule has 1 aliphatic rings. The van der Waals surface area contributed by atoms with Crippen LogP contribution >= 0.6 is 0 Å². The lowest BCUT2D eigenvalue weighted by molar-refractivity contribution is 0.300. The molecule has 150 valence electrons. The van der Waals surface area contributed by atoms with E-state index in [1.165, 1.54) is 82.6 Å². The molecule has 1 fully saturated rings. The molecule has 0 unspecified atom stereocenters. The highest BCUT2D eigenvalue weighted by Gasteiger charge is 2.18. The van der Waals surface area contributed by atoms with Crippen LogP contribution in [0.25, 0.3) is 0 Å². The molecule has 0 aliphatic heterocycles. The van der Waals surface area contributed by atoms with Gasteiger partial charge >= 0.3 is 0 Å². The van der Waals surface area contributed by atoms with Crippen LogP contribution in [0.3, 0.4) is 0 Å². The molecule has 0 spiro atoms. The summed E-state index contributed by atoms with van der Waals surface area (Å²) in [5, 5.41) is 0. The van der Waals surface area contributed by atoms with Crippen LogP contribution in [-0.2, 0) is 6.42 Å². The first-order chi connectivity index (χ1) is 13.8. The third-order valence-electron chi connectivity index (χ3n) is 5.82. The summed E-state index contributed by atoms with van der Waals surface area (Å²) in [5.74, 6) is 14.5. The van der Waals surface area contributed by atoms with E-state index in [-0.39, 0.29) is 0 Å². The molecule has 0 nitrogen and oxygen atoms in total. The molecule has 0 saturated heterocycles. The van der Waals surface area contributed by atoms with Crippen molar-refractivity contribution in [1.82, 2.24) is 0 Å². The standard InChI is InChI=1S/C28H38/c1-3-5-6-7-10-14-27-21-23-28(24-22-27)16-12-9-8-11-15-26-19-17-25(13-4-2)18-20-26/h8-9,21-26H,3-7,10,13-14,17-20H2,1-2H3/b9-8+/t25-,26-. The Kier molecular flexibility index (Phi) is 11.3. The number of unbranched alkanes of at least 4 members (excludes halogenated alkanes) is 4. The number of aryl methyl sites for hydroxylation is 1. The Morgan fingerprint density at radius 2 is 1.54 bits per heavy atom. The second-order valence-corrected chi connectivity index (χ2v) is 8.26. The fraction of sp³-hybridized carbons (Fsp3) is 0.571. The number of hydrogen-bond donors (Lipinski definition) is 0. The van der Waals surface area contributed by atoms with Crippen LogP contribution in [0, 0.1) is 35.5 Å². The van der Waals surface area contributed by atoms with Gasteiger partial charge in [-0.15, -0.1) is 0 Å². The lowest BCUT2D eigenvalue weighted by Crippen LogP contribution is -2.12. The van der Waals surface area contributed by atoms with Crippen LogP contribution in [0.4, 0.5) is 0 Å². The number of rotatable bonds is 8. The molecule has 0 atom stereocenters. The summed E-state index contributed by atoms with van der Waals surface area (Å²) in [6.45, 7) is 4.56. The molecule has 28 heavy (non-hydrogen) atoms. The van der Waals surface area contributed by atoms with Crippen LogP contribution in [0.5, 0.6) is 0 Å². The molecule has 1 aliphatic carbocycles. The summed E-state index contributed by atoms with van der Waals surface area (Å²) >= 11 is 0. The van der Waals surface area contributed by atoms with Gasteiger partial charge in [-0.2, -0.15) is 0 Å². The zero-order valence-corrected chi connectivity index (χ0v) is 18.1. The highest BCUT2D eigenvalue weighted by molar-refractivity contribution is 5.39. The smallest absolute Gasteiger partial charge is 0.0249 e. The van der Waals surface area contributed by atoms with Gasteiger partial charge in [-0.25, -0.2) is 0 Å². The van der Waals surface area contributed by atoms with Gasteiger partial charge in [0.25, 0.3) is 0 Å². The van der Waals surface area contributed by atoms with Gasteiger partial charge in [0.05, 0.1) is 0 Å². The Morgan fingerprint density at radius 1 is 0.821 bits per heavy atom. The van der Waals surface area contributed by atoms with Crippen molar-refractivity contribution in [2.24, 2.45) is 11.8 Å². The third kappa shape index (κ3) is 9.33. The zero-order chi connectivity index (χ0) is 19.9. The van der Waals surface area contributed by atoms with Crippen molar-refractivity contribution < 1.29 is 0 Å². The van der Waals surface area contributed by atoms with Gasteiger partial charge in [0, 0.05) is 11.5 Å². The van der Waals surface area contributed by atoms with Gasteiger partial charge in [-0.3, -0.25) is 0 Å². The molecule has 0 amide bonds. The first-order valence-electron chi connectivity index (χ1n) is 11.6. The third-order valence-corrected chi connectivity index (χ3v) is 5.82. The van der Waals surface area contributed by atoms with E-state index in [9.17, 15) is 0 Å². The molecule has 0 aromatic heterocycles. The predicted octanol–water partition coefficient (Wildman–Crippen LogP) is 7.72. The summed E-state index contributed by atoms with van der Waals surface area (Å²) in [4.78, 5) is 0. The second kappa shape index (κ2) is 14.1. The van der Waals surface area contributed by atoms with Crippen molar-refractivity contribution in [2.45, 2.75) is 90.9 Å². The Labute approximate surface area is 174 Å². The van der Waals surface area contributed by atoms with Crippen molar-refractivity contribution in [1.29, 1.82) is 0 Å². The van der Waals surface area contributed by atoms with Crippen LogP contribution in [0.1, 0.15) is 95.6 Å². The van der Waals surface area contributed by atoms with E-state index in [4.69, 9.17) is 0 Å². The van der Waals surface area contributed by atoms with Gasteiger partial charge in [0.15, 0.2) is 0 Å². The van der Waals surface area contributed by atoms with Crippen molar-refractivity contribution in [3.8, 4) is 23.7 Å². The maximum absolute atomic E-state index is 3.42. The number of allylic oxidation sites excluding steroid dienone is 2. The Balaban J connectivity index is 1.68. The molecule has 1 saturated carbocycles. The molecule has 1 aromatic rings. The molecule has 0 radical (unpaired) electrons. The van der Waals surface area contributed by atoms with E-state index in [1.54, 1.807) is 0 Å². The maximum atomic E-state index is 3.42. The summed E-state index contributed by atoms with van der Waals surface area (Å²) in [6, 6.07) is 8.73. The van der Waals surface area contributed by atoms with Crippen LogP contribution in [0.15, 0.2) is 36.4 Å². The molecule has 0 N–H and O–H groups in total. The topological polar surface area (TPSA) is 0 Å². The minimum Gasteiger partial charge on any atom is -0.0951 e. The van der Waals surface area contributed by atoms with E-state index in [2.05, 4.69) is 61.8 Å². The molecule has 1 aromatic carbocycles. The lowest BCUT2D eigenvalue weighted by Gasteiger charge is -2.25. The maximum Gasteiger partial charge on any atom is 0.0249 e. The van der Waals surface area contributed by atoms with Crippen LogP contribution in [-0.4, -0.2) is 0 Å². The highest BCUT2D eigenvalue weighted by Crippen LogP contribution is 2.30. The van der Waals surface area contributed by atoms with E-state index in [0.717, 1.165) is 11.5 Å². The quantitative estimate of drug-likeness (QED) is 0.323. The average molecular weight is 375 g/mol. The minimum absolute atomic E-state index is 0.597. The predicted molar refractivity (Wildman–Crippen MR) is 123 cm³/mol. The average Bonchev–Trinajstić information content (AvgIpc) is 2.73. The van der Waals surface area contributed by atoms with Crippen molar-refractivity contribution in [3.63, 3.8) is 0 Å². The first kappa shape index (κ1) is 22.4. The SMILES string of the molecule is CCCCCCCc1ccc(C#C/C=C/C#C[C@H]2CC[C@H](CCC)CC2)cc1. The highest BCUT2D eigenvalue weighted by atomic mass is 14.2. The van der Waals surface area contributed by atoms with E-state index >= 15 is 0 Å². The molecule has 0 heterocycles. The van der Waals surface area contributed by atoms with Crippen molar-refractivity contribution in [2.75, 3.05) is 0 Å². The summed E-state index contributed by atoms with van der Waals surface area (Å²) in [6.07, 6.45) is 19.7. The second-order valence-electron chi connectivity index (χ2n) is 8.26. The Hall–Kier alpha value is -1.92. The largest absolute Gasteiger partial charge is 0.0951 e. The zero-order valence-electron chi connectivity index (χ0n) is 18.1. The van der Waals surface area contributed by atoms with Crippen LogP contribution in [0.2, 0.25) is 0 Å². The fourth-order valence-corrected chi connectivity index (χ4v) is 4.07. The molecular weight excluding hydrogens is 336 g/mol. The molecule has 0 bridgehead atoms. The molecule has 2 rings (SSSR count). The van der Waals surface area contributed by atoms with Gasteiger partial charge in [-0.05, 0) is 74.3 Å².